The summed E-state index contributed by atoms with van der Waals surface area (Å²) in [5.41, 5.74) is 1.94. The van der Waals surface area contributed by atoms with Crippen molar-refractivity contribution in [3.63, 3.8) is 0 Å². The Kier molecular flexibility index (Phi) is 11.2. The van der Waals surface area contributed by atoms with Crippen molar-refractivity contribution < 1.29 is 37.1 Å². The molecule has 4 heterocycles. The van der Waals surface area contributed by atoms with Gasteiger partial charge in [-0.2, -0.15) is 4.98 Å². The molecule has 1 unspecified atom stereocenters. The molecule has 17 heteroatoms. The van der Waals surface area contributed by atoms with E-state index < -0.39 is 68.2 Å². The summed E-state index contributed by atoms with van der Waals surface area (Å²) in [6.07, 6.45) is 9.63. The fourth-order valence-corrected chi connectivity index (χ4v) is 12.0. The van der Waals surface area contributed by atoms with Crippen molar-refractivity contribution in [3.05, 3.63) is 41.4 Å². The summed E-state index contributed by atoms with van der Waals surface area (Å²) in [7, 11) is -4.00. The minimum Gasteiger partial charge on any atom is -0.459 e. The van der Waals surface area contributed by atoms with Gasteiger partial charge >= 0.3 is 6.09 Å². The van der Waals surface area contributed by atoms with Gasteiger partial charge < -0.3 is 25.0 Å². The van der Waals surface area contributed by atoms with E-state index in [1.807, 2.05) is 48.8 Å². The van der Waals surface area contributed by atoms with Gasteiger partial charge in [0.15, 0.2) is 0 Å². The van der Waals surface area contributed by atoms with Crippen LogP contribution in [-0.4, -0.2) is 92.8 Å². The zero-order chi connectivity index (χ0) is 43.7. The van der Waals surface area contributed by atoms with Gasteiger partial charge in [0.2, 0.25) is 21.8 Å². The lowest BCUT2D eigenvalue weighted by molar-refractivity contribution is -0.141. The number of hydrogen-bond acceptors (Lipinski definition) is 11. The molecular weight excluding hydrogens is 831 g/mol. The predicted octanol–water partition coefficient (Wildman–Crippen LogP) is 6.50. The zero-order valence-corrected chi connectivity index (χ0v) is 37.9. The summed E-state index contributed by atoms with van der Waals surface area (Å²) in [6, 6.07) is 4.15. The molecule has 0 spiro atoms. The fraction of sp³-hybridized carbons (Fsp3) is 0.644. The van der Waals surface area contributed by atoms with Crippen molar-refractivity contribution in [2.24, 2.45) is 17.8 Å². The average Bonchev–Trinajstić information content (AvgIpc) is 4.07. The largest absolute Gasteiger partial charge is 0.459 e. The zero-order valence-electron chi connectivity index (χ0n) is 36.2. The van der Waals surface area contributed by atoms with Gasteiger partial charge in [-0.15, -0.1) is 11.3 Å². The number of carbonyl (C=O) groups is 4. The van der Waals surface area contributed by atoms with Crippen LogP contribution in [0.15, 0.2) is 35.7 Å². The number of rotatable bonds is 10. The van der Waals surface area contributed by atoms with E-state index >= 15 is 0 Å². The smallest absolute Gasteiger partial charge is 0.408 e. The molecule has 3 aromatic rings. The number of thiazole rings is 1. The first-order chi connectivity index (χ1) is 29.6. The number of allylic oxidation sites excluding steroid dienone is 1. The first-order valence-corrected chi connectivity index (χ1v) is 24.9. The molecule has 0 radical (unpaired) electrons. The average molecular weight is 890 g/mol. The minimum absolute atomic E-state index is 0.00375. The Labute approximate surface area is 367 Å². The molecule has 4 amide bonds. The molecule has 62 heavy (non-hydrogen) atoms. The molecule has 5 fully saturated rings. The van der Waals surface area contributed by atoms with E-state index in [1.54, 1.807) is 18.3 Å². The summed E-state index contributed by atoms with van der Waals surface area (Å²) in [5, 5.41) is 8.74. The second-order valence-corrected chi connectivity index (χ2v) is 22.5. The normalized spacial score (nSPS) is 30.5. The van der Waals surface area contributed by atoms with Crippen molar-refractivity contribution in [1.29, 1.82) is 0 Å². The summed E-state index contributed by atoms with van der Waals surface area (Å²) in [5.74, 6) is -0.780. The van der Waals surface area contributed by atoms with E-state index in [0.29, 0.717) is 50.0 Å². The van der Waals surface area contributed by atoms with Gasteiger partial charge in [0, 0.05) is 29.3 Å². The quantitative estimate of drug-likeness (QED) is 0.190. The molecule has 3 N–H and O–H groups in total. The number of fused-ring (bicyclic) bond motifs is 4. The number of para-hydroxylation sites is 1. The van der Waals surface area contributed by atoms with Crippen molar-refractivity contribution in [3.8, 4) is 16.6 Å². The van der Waals surface area contributed by atoms with Crippen molar-refractivity contribution in [2.75, 3.05) is 6.54 Å². The van der Waals surface area contributed by atoms with Crippen molar-refractivity contribution in [1.82, 2.24) is 34.8 Å². The molecule has 2 aliphatic heterocycles. The van der Waals surface area contributed by atoms with Gasteiger partial charge in [-0.3, -0.25) is 23.7 Å². The highest BCUT2D eigenvalue weighted by Gasteiger charge is 2.63. The number of sulfonamides is 1. The van der Waals surface area contributed by atoms with Crippen LogP contribution in [0.4, 0.5) is 4.79 Å². The molecule has 6 aliphatic rings. The monoisotopic (exact) mass is 889 g/mol. The minimum atomic E-state index is -4.00. The summed E-state index contributed by atoms with van der Waals surface area (Å²) >= 11 is 1.56. The van der Waals surface area contributed by atoms with Crippen molar-refractivity contribution in [2.45, 2.75) is 158 Å². The van der Waals surface area contributed by atoms with Crippen LogP contribution < -0.4 is 20.1 Å². The van der Waals surface area contributed by atoms with Gasteiger partial charge in [0.1, 0.15) is 40.4 Å². The van der Waals surface area contributed by atoms with Crippen LogP contribution in [0.5, 0.6) is 6.01 Å². The maximum Gasteiger partial charge on any atom is 0.408 e. The third-order valence-corrected chi connectivity index (χ3v) is 17.1. The molecule has 0 bridgehead atoms. The molecule has 4 aliphatic carbocycles. The molecule has 8 atom stereocenters. The second kappa shape index (κ2) is 16.2. The van der Waals surface area contributed by atoms with Gasteiger partial charge in [-0.25, -0.2) is 18.2 Å². The Hall–Kier alpha value is -4.51. The molecule has 1 saturated heterocycles. The maximum atomic E-state index is 14.8. The number of nitrogens with one attached hydrogen (secondary N) is 3. The number of carbonyl (C=O) groups excluding carboxylic acids is 4. The van der Waals surface area contributed by atoms with Gasteiger partial charge in [-0.1, -0.05) is 44.9 Å². The van der Waals surface area contributed by atoms with E-state index in [-0.39, 0.29) is 37.5 Å². The molecule has 4 saturated carbocycles. The fourth-order valence-electron chi connectivity index (χ4n) is 9.70. The van der Waals surface area contributed by atoms with Gasteiger partial charge in [0.25, 0.3) is 11.9 Å². The third-order valence-electron chi connectivity index (χ3n) is 14.1. The van der Waals surface area contributed by atoms with Crippen LogP contribution in [0.25, 0.3) is 21.6 Å². The number of hydrogen-bond donors (Lipinski definition) is 3. The Bertz CT molecular complexity index is 2400. The highest BCUT2D eigenvalue weighted by molar-refractivity contribution is 7.91. The lowest BCUT2D eigenvalue weighted by Gasteiger charge is -2.30. The first-order valence-electron chi connectivity index (χ1n) is 22.5. The Balaban J connectivity index is 1.02. The van der Waals surface area contributed by atoms with E-state index in [0.717, 1.165) is 53.0 Å². The van der Waals surface area contributed by atoms with Crippen molar-refractivity contribution >= 4 is 56.2 Å². The third kappa shape index (κ3) is 8.23. The van der Waals surface area contributed by atoms with E-state index in [1.165, 1.54) is 11.3 Å². The SMILES string of the molecule is CC(C)c1csc(-c2cccc3c2nc(O[C@@H]2C[C@H]4C(=O)N[C@]5(C(=O)NS(=O)(=O)C6(C)CC6)C[C@H]5C=CCCCCC[C@H](NC(=O)OC5C[C@@H]6C[C@@H]6C5)C(=O)N4C2)n3C(C)C)n1. The second-order valence-electron chi connectivity index (χ2n) is 19.4. The standard InChI is InChI=1S/C45H59N7O8S2/c1-25(2)34-24-61-39(46-34)32-13-11-15-35-37(32)48-42(52(35)26(3)4)59-31-21-36-38(53)49-45(41(55)50-62(57,58)44(5)16-17-44)22-29(45)12-9-7-6-8-10-14-33(40(54)51(36)23-31)47-43(56)60-30-19-27-18-28(27)20-30/h9,11-13,15,24-31,33,36H,6-8,10,14,16-23H2,1-5H3,(H,47,56)(H,49,53)(H,50,55)/t27-,28+,29-,30?,31-,33+,36+,45-/m1/s1. The Morgan fingerprint density at radius 2 is 1.77 bits per heavy atom. The number of aromatic nitrogens is 3. The van der Waals surface area contributed by atoms with Crippen LogP contribution in [0.1, 0.15) is 129 Å². The summed E-state index contributed by atoms with van der Waals surface area (Å²) in [4.78, 5) is 68.4. The van der Waals surface area contributed by atoms with E-state index in [4.69, 9.17) is 19.4 Å². The predicted molar refractivity (Wildman–Crippen MR) is 234 cm³/mol. The van der Waals surface area contributed by atoms with Crippen LogP contribution in [-0.2, 0) is 29.1 Å². The van der Waals surface area contributed by atoms with Gasteiger partial charge in [-0.05, 0) is 108 Å². The first kappa shape index (κ1) is 42.8. The molecule has 334 valence electrons. The number of amides is 4. The lowest BCUT2D eigenvalue weighted by Crippen LogP contribution is -2.58. The molecule has 2 aromatic heterocycles. The Morgan fingerprint density at radius 1 is 1.00 bits per heavy atom. The Morgan fingerprint density at radius 3 is 2.48 bits per heavy atom. The number of ether oxygens (including phenoxy) is 2. The number of nitrogens with zero attached hydrogens (tertiary/aromatic N) is 4. The van der Waals surface area contributed by atoms with Crippen LogP contribution in [0.2, 0.25) is 0 Å². The van der Waals surface area contributed by atoms with Gasteiger partial charge in [0.05, 0.1) is 22.5 Å². The molecule has 1 aromatic carbocycles. The number of alkyl carbamates (subject to hydrolysis) is 1. The molecule has 9 rings (SSSR count). The van der Waals surface area contributed by atoms with Crippen LogP contribution in [0, 0.1) is 17.8 Å². The topological polar surface area (TPSA) is 191 Å². The van der Waals surface area contributed by atoms with Crippen LogP contribution >= 0.6 is 11.3 Å². The molecular formula is C45H59N7O8S2. The van der Waals surface area contributed by atoms with Crippen LogP contribution in [0.3, 0.4) is 0 Å². The summed E-state index contributed by atoms with van der Waals surface area (Å²) in [6.45, 7) is 9.90. The summed E-state index contributed by atoms with van der Waals surface area (Å²) < 4.78 is 42.4. The maximum absolute atomic E-state index is 14.8. The molecule has 15 nitrogen and oxygen atoms in total. The number of benzene rings is 1. The highest BCUT2D eigenvalue weighted by Crippen LogP contribution is 2.52. The lowest BCUT2D eigenvalue weighted by atomic mass is 10.0. The highest BCUT2D eigenvalue weighted by atomic mass is 32.2. The number of imidazole rings is 1. The van der Waals surface area contributed by atoms with E-state index in [9.17, 15) is 27.6 Å². The van der Waals surface area contributed by atoms with E-state index in [2.05, 4.69) is 34.6 Å².